The third-order valence-electron chi connectivity index (χ3n) is 6.95. The molecule has 3 atom stereocenters. The molecule has 0 bridgehead atoms. The van der Waals surface area contributed by atoms with Gasteiger partial charge in [0.2, 0.25) is 5.88 Å². The first kappa shape index (κ1) is 26.0. The van der Waals surface area contributed by atoms with Crippen LogP contribution in [-0.4, -0.2) is 85.4 Å². The monoisotopic (exact) mass is 493 g/mol. The van der Waals surface area contributed by atoms with E-state index in [9.17, 15) is 15.0 Å². The Morgan fingerprint density at radius 1 is 1.28 bits per heavy atom. The van der Waals surface area contributed by atoms with Crippen molar-refractivity contribution in [2.24, 2.45) is 5.92 Å². The molecule has 1 amide bonds. The van der Waals surface area contributed by atoms with E-state index in [1.54, 1.807) is 29.6 Å². The van der Waals surface area contributed by atoms with Gasteiger partial charge in [-0.25, -0.2) is 15.0 Å². The number of hydrogen-bond donors (Lipinski definition) is 2. The molecule has 4 rings (SSSR count). The Labute approximate surface area is 212 Å². The molecule has 1 fully saturated rings. The standard InChI is InChI=1S/C27H35N5O4/c1-19-14-32(20(2)17-33)26(34)23-10-21(6-9-27(35)7-4-5-8-27)13-30-25(23)36-24(19)16-31(3)15-22-11-28-18-29-12-22/h10-13,18-20,24,33,35H,4-5,7-8,14-17H2,1-3H3/t19-,20-,24-/m1/s1. The van der Waals surface area contributed by atoms with Gasteiger partial charge in [0.25, 0.3) is 5.91 Å². The lowest BCUT2D eigenvalue weighted by molar-refractivity contribution is 0.0325. The van der Waals surface area contributed by atoms with Crippen LogP contribution in [0.15, 0.2) is 31.0 Å². The third-order valence-corrected chi connectivity index (χ3v) is 6.95. The molecule has 9 heteroatoms. The minimum Gasteiger partial charge on any atom is -0.472 e. The van der Waals surface area contributed by atoms with Crippen molar-refractivity contribution >= 4 is 5.91 Å². The van der Waals surface area contributed by atoms with Crippen molar-refractivity contribution in [1.29, 1.82) is 0 Å². The molecule has 0 unspecified atom stereocenters. The van der Waals surface area contributed by atoms with Gasteiger partial charge in [-0.3, -0.25) is 9.69 Å². The van der Waals surface area contributed by atoms with E-state index in [0.717, 1.165) is 18.4 Å². The van der Waals surface area contributed by atoms with Crippen LogP contribution in [0.25, 0.3) is 0 Å². The van der Waals surface area contributed by atoms with Crippen LogP contribution in [0.2, 0.25) is 0 Å². The van der Waals surface area contributed by atoms with Crippen LogP contribution in [0.3, 0.4) is 0 Å². The van der Waals surface area contributed by atoms with Crippen LogP contribution in [0, 0.1) is 17.8 Å². The van der Waals surface area contributed by atoms with Gasteiger partial charge in [-0.2, -0.15) is 0 Å². The zero-order chi connectivity index (χ0) is 25.7. The summed E-state index contributed by atoms with van der Waals surface area (Å²) < 4.78 is 6.35. The molecule has 2 aromatic heterocycles. The fourth-order valence-corrected chi connectivity index (χ4v) is 4.76. The maximum absolute atomic E-state index is 13.6. The van der Waals surface area contributed by atoms with Crippen molar-refractivity contribution in [1.82, 2.24) is 24.8 Å². The lowest BCUT2D eigenvalue weighted by Gasteiger charge is -2.37. The van der Waals surface area contributed by atoms with Crippen molar-refractivity contribution < 1.29 is 19.7 Å². The van der Waals surface area contributed by atoms with Crippen LogP contribution in [0.1, 0.15) is 61.0 Å². The van der Waals surface area contributed by atoms with Gasteiger partial charge < -0.3 is 19.8 Å². The molecular weight excluding hydrogens is 458 g/mol. The lowest BCUT2D eigenvalue weighted by atomic mass is 9.99. The summed E-state index contributed by atoms with van der Waals surface area (Å²) in [7, 11) is 2.00. The summed E-state index contributed by atoms with van der Waals surface area (Å²) in [6.07, 6.45) is 9.66. The summed E-state index contributed by atoms with van der Waals surface area (Å²) in [5.41, 5.74) is 0.886. The molecule has 0 radical (unpaired) electrons. The molecule has 0 aromatic carbocycles. The third kappa shape index (κ3) is 6.19. The smallest absolute Gasteiger partial charge is 0.259 e. The predicted octanol–water partition coefficient (Wildman–Crippen LogP) is 1.88. The van der Waals surface area contributed by atoms with Crippen LogP contribution in [0.4, 0.5) is 0 Å². The zero-order valence-corrected chi connectivity index (χ0v) is 21.2. The number of hydrogen-bond acceptors (Lipinski definition) is 8. The average Bonchev–Trinajstić information content (AvgIpc) is 3.31. The van der Waals surface area contributed by atoms with Gasteiger partial charge in [0.05, 0.1) is 12.6 Å². The summed E-state index contributed by atoms with van der Waals surface area (Å²) in [4.78, 5) is 30.0. The fraction of sp³-hybridized carbons (Fsp3) is 0.556. The van der Waals surface area contributed by atoms with E-state index < -0.39 is 5.60 Å². The molecule has 3 heterocycles. The van der Waals surface area contributed by atoms with E-state index in [-0.39, 0.29) is 36.5 Å². The molecule has 9 nitrogen and oxygen atoms in total. The Morgan fingerprint density at radius 3 is 2.69 bits per heavy atom. The van der Waals surface area contributed by atoms with E-state index in [2.05, 4.69) is 31.7 Å². The van der Waals surface area contributed by atoms with E-state index in [4.69, 9.17) is 4.74 Å². The number of carbonyl (C=O) groups excluding carboxylic acids is 1. The van der Waals surface area contributed by atoms with Crippen molar-refractivity contribution in [2.75, 3.05) is 26.7 Å². The predicted molar refractivity (Wildman–Crippen MR) is 134 cm³/mol. The molecule has 1 saturated carbocycles. The van der Waals surface area contributed by atoms with Crippen molar-refractivity contribution in [3.05, 3.63) is 47.7 Å². The maximum atomic E-state index is 13.6. The molecule has 2 aromatic rings. The number of aliphatic hydroxyl groups excluding tert-OH is 1. The first-order valence-electron chi connectivity index (χ1n) is 12.5. The first-order valence-corrected chi connectivity index (χ1v) is 12.5. The summed E-state index contributed by atoms with van der Waals surface area (Å²) in [5.74, 6) is 5.99. The Hall–Kier alpha value is -3.06. The summed E-state index contributed by atoms with van der Waals surface area (Å²) in [6.45, 7) is 5.41. The second-order valence-corrected chi connectivity index (χ2v) is 10.1. The molecule has 2 aliphatic rings. The van der Waals surface area contributed by atoms with E-state index in [1.807, 2.05) is 20.9 Å². The molecule has 2 N–H and O–H groups in total. The summed E-state index contributed by atoms with van der Waals surface area (Å²) in [6, 6.07) is 1.32. The van der Waals surface area contributed by atoms with Crippen molar-refractivity contribution in [3.63, 3.8) is 0 Å². The fourth-order valence-electron chi connectivity index (χ4n) is 4.76. The molecule has 0 saturated heterocycles. The molecule has 192 valence electrons. The maximum Gasteiger partial charge on any atom is 0.259 e. The van der Waals surface area contributed by atoms with Gasteiger partial charge in [-0.05, 0) is 45.7 Å². The minimum absolute atomic E-state index is 0.0107. The summed E-state index contributed by atoms with van der Waals surface area (Å²) in [5, 5.41) is 20.4. The first-order chi connectivity index (χ1) is 17.3. The molecule has 1 aliphatic carbocycles. The number of aromatic nitrogens is 3. The number of aliphatic hydroxyl groups is 2. The highest BCUT2D eigenvalue weighted by Crippen LogP contribution is 2.30. The Kier molecular flexibility index (Phi) is 8.19. The van der Waals surface area contributed by atoms with Crippen LogP contribution >= 0.6 is 0 Å². The topological polar surface area (TPSA) is 112 Å². The summed E-state index contributed by atoms with van der Waals surface area (Å²) >= 11 is 0. The van der Waals surface area contributed by atoms with Crippen LogP contribution in [-0.2, 0) is 6.54 Å². The lowest BCUT2D eigenvalue weighted by Crippen LogP contribution is -2.49. The number of likely N-dealkylation sites (N-methyl/N-ethyl adjacent to an activating group) is 1. The average molecular weight is 494 g/mol. The number of pyridine rings is 1. The second kappa shape index (κ2) is 11.3. The molecular formula is C27H35N5O4. The normalized spacial score (nSPS) is 22.2. The largest absolute Gasteiger partial charge is 0.472 e. The Bertz CT molecular complexity index is 1110. The van der Waals surface area contributed by atoms with Gasteiger partial charge in [0, 0.05) is 55.3 Å². The number of fused-ring (bicyclic) bond motifs is 1. The number of amides is 1. The van der Waals surface area contributed by atoms with Gasteiger partial charge in [-0.1, -0.05) is 18.8 Å². The minimum atomic E-state index is -0.975. The van der Waals surface area contributed by atoms with Crippen molar-refractivity contribution in [3.8, 4) is 17.7 Å². The van der Waals surface area contributed by atoms with Gasteiger partial charge >= 0.3 is 0 Å². The molecule has 1 aliphatic heterocycles. The second-order valence-electron chi connectivity index (χ2n) is 10.1. The SMILES string of the molecule is C[C@@H]1CN([C@H](C)CO)C(=O)c2cc(C#CC3(O)CCCC3)cnc2O[C@@H]1CN(C)Cc1cncnc1. The molecule has 0 spiro atoms. The Morgan fingerprint density at radius 2 is 2.00 bits per heavy atom. The van der Waals surface area contributed by atoms with Crippen molar-refractivity contribution in [2.45, 2.75) is 63.8 Å². The van der Waals surface area contributed by atoms with E-state index >= 15 is 0 Å². The highest BCUT2D eigenvalue weighted by atomic mass is 16.5. The van der Waals surface area contributed by atoms with Crippen LogP contribution in [0.5, 0.6) is 5.88 Å². The quantitative estimate of drug-likeness (QED) is 0.587. The van der Waals surface area contributed by atoms with Crippen LogP contribution < -0.4 is 4.74 Å². The highest BCUT2D eigenvalue weighted by molar-refractivity contribution is 5.97. The molecule has 36 heavy (non-hydrogen) atoms. The van der Waals surface area contributed by atoms with E-state index in [1.165, 1.54) is 6.33 Å². The van der Waals surface area contributed by atoms with Gasteiger partial charge in [0.1, 0.15) is 23.6 Å². The number of carbonyl (C=O) groups is 1. The van der Waals surface area contributed by atoms with E-state index in [0.29, 0.717) is 43.6 Å². The zero-order valence-electron chi connectivity index (χ0n) is 21.2. The number of ether oxygens (including phenoxy) is 1. The number of rotatable bonds is 6. The Balaban J connectivity index is 1.61. The van der Waals surface area contributed by atoms with Gasteiger partial charge in [-0.15, -0.1) is 0 Å². The number of nitrogens with zero attached hydrogens (tertiary/aromatic N) is 5. The van der Waals surface area contributed by atoms with Gasteiger partial charge in [0.15, 0.2) is 0 Å². The highest BCUT2D eigenvalue weighted by Gasteiger charge is 2.34.